The van der Waals surface area contributed by atoms with E-state index in [1.807, 2.05) is 20.9 Å². The minimum atomic E-state index is 0.197. The van der Waals surface area contributed by atoms with Crippen molar-refractivity contribution in [2.45, 2.75) is 45.8 Å². The van der Waals surface area contributed by atoms with Crippen LogP contribution >= 0.6 is 0 Å². The van der Waals surface area contributed by atoms with Gasteiger partial charge in [-0.3, -0.25) is 0 Å². The Morgan fingerprint density at radius 2 is 1.93 bits per heavy atom. The second-order valence-corrected chi connectivity index (χ2v) is 3.58. The molecule has 0 aromatic rings. The zero-order valence-electron chi connectivity index (χ0n) is 10.0. The van der Waals surface area contributed by atoms with Crippen LogP contribution in [0.25, 0.3) is 0 Å². The van der Waals surface area contributed by atoms with Crippen molar-refractivity contribution < 1.29 is 9.47 Å². The van der Waals surface area contributed by atoms with Crippen LogP contribution in [0.3, 0.4) is 0 Å². The highest BCUT2D eigenvalue weighted by molar-refractivity contribution is 4.63. The average Bonchev–Trinajstić information content (AvgIpc) is 2.21. The molecule has 0 aliphatic heterocycles. The van der Waals surface area contributed by atoms with Gasteiger partial charge in [-0.1, -0.05) is 13.3 Å². The van der Waals surface area contributed by atoms with E-state index in [-0.39, 0.29) is 6.10 Å². The number of ether oxygens (including phenoxy) is 2. The van der Waals surface area contributed by atoms with Gasteiger partial charge in [0.2, 0.25) is 0 Å². The predicted octanol–water partition coefficient (Wildman–Crippen LogP) is 1.82. The SMILES string of the molecule is CCCC(COC(C)COCC)NC. The van der Waals surface area contributed by atoms with E-state index >= 15 is 0 Å². The van der Waals surface area contributed by atoms with Crippen LogP contribution in [0.1, 0.15) is 33.6 Å². The van der Waals surface area contributed by atoms with Gasteiger partial charge in [0.1, 0.15) is 0 Å². The van der Waals surface area contributed by atoms with E-state index in [0.29, 0.717) is 12.6 Å². The summed E-state index contributed by atoms with van der Waals surface area (Å²) in [5, 5.41) is 3.25. The third-order valence-corrected chi connectivity index (χ3v) is 2.18. The van der Waals surface area contributed by atoms with Crippen LogP contribution in [0, 0.1) is 0 Å². The van der Waals surface area contributed by atoms with Crippen LogP contribution < -0.4 is 5.32 Å². The zero-order chi connectivity index (χ0) is 10.8. The Balaban J connectivity index is 3.46. The van der Waals surface area contributed by atoms with Gasteiger partial charge in [0, 0.05) is 12.6 Å². The van der Waals surface area contributed by atoms with Crippen molar-refractivity contribution in [3.8, 4) is 0 Å². The molecule has 0 saturated carbocycles. The van der Waals surface area contributed by atoms with Crippen LogP contribution in [0.15, 0.2) is 0 Å². The van der Waals surface area contributed by atoms with Crippen molar-refractivity contribution in [3.63, 3.8) is 0 Å². The maximum atomic E-state index is 5.66. The lowest BCUT2D eigenvalue weighted by molar-refractivity contribution is -0.0115. The molecule has 0 aromatic heterocycles. The number of rotatable bonds is 9. The summed E-state index contributed by atoms with van der Waals surface area (Å²) in [7, 11) is 1.98. The van der Waals surface area contributed by atoms with E-state index in [4.69, 9.17) is 9.47 Å². The first-order valence-electron chi connectivity index (χ1n) is 5.61. The minimum Gasteiger partial charge on any atom is -0.379 e. The summed E-state index contributed by atoms with van der Waals surface area (Å²) in [5.41, 5.74) is 0. The summed E-state index contributed by atoms with van der Waals surface area (Å²) in [5.74, 6) is 0. The van der Waals surface area contributed by atoms with Crippen LogP contribution in [0.5, 0.6) is 0 Å². The Morgan fingerprint density at radius 1 is 1.21 bits per heavy atom. The molecular formula is C11H25NO2. The molecular weight excluding hydrogens is 178 g/mol. The summed E-state index contributed by atoms with van der Waals surface area (Å²) in [4.78, 5) is 0. The van der Waals surface area contributed by atoms with Crippen LogP contribution in [-0.2, 0) is 9.47 Å². The molecule has 2 unspecified atom stereocenters. The molecule has 86 valence electrons. The fourth-order valence-electron chi connectivity index (χ4n) is 1.27. The van der Waals surface area contributed by atoms with Gasteiger partial charge < -0.3 is 14.8 Å². The molecule has 0 fully saturated rings. The normalized spacial score (nSPS) is 15.4. The quantitative estimate of drug-likeness (QED) is 0.620. The van der Waals surface area contributed by atoms with Gasteiger partial charge in [0.05, 0.1) is 19.3 Å². The first-order valence-corrected chi connectivity index (χ1v) is 5.61. The molecule has 1 N–H and O–H groups in total. The fourth-order valence-corrected chi connectivity index (χ4v) is 1.27. The predicted molar refractivity (Wildman–Crippen MR) is 59.7 cm³/mol. The summed E-state index contributed by atoms with van der Waals surface area (Å²) in [6.45, 7) is 8.47. The number of hydrogen-bond acceptors (Lipinski definition) is 3. The smallest absolute Gasteiger partial charge is 0.0781 e. The lowest BCUT2D eigenvalue weighted by Gasteiger charge is -2.19. The highest BCUT2D eigenvalue weighted by Gasteiger charge is 2.07. The Bertz CT molecular complexity index is 120. The van der Waals surface area contributed by atoms with Gasteiger partial charge in [0.15, 0.2) is 0 Å². The van der Waals surface area contributed by atoms with Gasteiger partial charge in [-0.05, 0) is 27.3 Å². The maximum Gasteiger partial charge on any atom is 0.0781 e. The molecule has 3 nitrogen and oxygen atoms in total. The largest absolute Gasteiger partial charge is 0.379 e. The Morgan fingerprint density at radius 3 is 2.43 bits per heavy atom. The maximum absolute atomic E-state index is 5.66. The molecule has 2 atom stereocenters. The summed E-state index contributed by atoms with van der Waals surface area (Å²) in [6, 6.07) is 0.476. The molecule has 0 aromatic carbocycles. The second kappa shape index (κ2) is 9.44. The average molecular weight is 203 g/mol. The molecule has 0 heterocycles. The van der Waals surface area contributed by atoms with Gasteiger partial charge in [-0.2, -0.15) is 0 Å². The van der Waals surface area contributed by atoms with Gasteiger partial charge in [-0.15, -0.1) is 0 Å². The molecule has 3 heteroatoms. The third-order valence-electron chi connectivity index (χ3n) is 2.18. The van der Waals surface area contributed by atoms with E-state index in [2.05, 4.69) is 12.2 Å². The highest BCUT2D eigenvalue weighted by atomic mass is 16.5. The summed E-state index contributed by atoms with van der Waals surface area (Å²) >= 11 is 0. The first-order chi connectivity index (χ1) is 6.74. The number of likely N-dealkylation sites (N-methyl/N-ethyl adjacent to an activating group) is 1. The summed E-state index contributed by atoms with van der Waals surface area (Å²) < 4.78 is 10.9. The van der Waals surface area contributed by atoms with Gasteiger partial charge >= 0.3 is 0 Å². The lowest BCUT2D eigenvalue weighted by Crippen LogP contribution is -2.32. The van der Waals surface area contributed by atoms with E-state index in [9.17, 15) is 0 Å². The monoisotopic (exact) mass is 203 g/mol. The third kappa shape index (κ3) is 7.30. The summed E-state index contributed by atoms with van der Waals surface area (Å²) in [6.07, 6.45) is 2.55. The van der Waals surface area contributed by atoms with Crippen molar-refractivity contribution in [3.05, 3.63) is 0 Å². The molecule has 0 amide bonds. The second-order valence-electron chi connectivity index (χ2n) is 3.58. The Labute approximate surface area is 88.2 Å². The molecule has 0 rings (SSSR count). The number of nitrogens with one attached hydrogen (secondary N) is 1. The molecule has 0 aliphatic rings. The highest BCUT2D eigenvalue weighted by Crippen LogP contribution is 2.00. The molecule has 0 radical (unpaired) electrons. The topological polar surface area (TPSA) is 30.5 Å². The van der Waals surface area contributed by atoms with E-state index in [1.165, 1.54) is 6.42 Å². The van der Waals surface area contributed by atoms with Crippen molar-refractivity contribution in [2.75, 3.05) is 26.9 Å². The van der Waals surface area contributed by atoms with Crippen LogP contribution in [0.4, 0.5) is 0 Å². The first kappa shape index (κ1) is 13.9. The van der Waals surface area contributed by atoms with E-state index in [1.54, 1.807) is 0 Å². The molecule has 14 heavy (non-hydrogen) atoms. The Kier molecular flexibility index (Phi) is 9.35. The molecule has 0 spiro atoms. The molecule has 0 aliphatic carbocycles. The molecule has 0 saturated heterocycles. The van der Waals surface area contributed by atoms with Crippen LogP contribution in [0.2, 0.25) is 0 Å². The van der Waals surface area contributed by atoms with Gasteiger partial charge in [-0.25, -0.2) is 0 Å². The fraction of sp³-hybridized carbons (Fsp3) is 1.00. The van der Waals surface area contributed by atoms with Crippen LogP contribution in [-0.4, -0.2) is 39.0 Å². The van der Waals surface area contributed by atoms with Gasteiger partial charge in [0.25, 0.3) is 0 Å². The van der Waals surface area contributed by atoms with E-state index < -0.39 is 0 Å². The van der Waals surface area contributed by atoms with Crippen molar-refractivity contribution in [2.24, 2.45) is 0 Å². The number of hydrogen-bond donors (Lipinski definition) is 1. The van der Waals surface area contributed by atoms with Crippen molar-refractivity contribution >= 4 is 0 Å². The molecule has 0 bridgehead atoms. The van der Waals surface area contributed by atoms with E-state index in [0.717, 1.165) is 19.6 Å². The standard InChI is InChI=1S/C11H25NO2/c1-5-7-11(12-4)9-14-10(3)8-13-6-2/h10-12H,5-9H2,1-4H3. The zero-order valence-corrected chi connectivity index (χ0v) is 10.0. The van der Waals surface area contributed by atoms with Crippen molar-refractivity contribution in [1.82, 2.24) is 5.32 Å². The Hall–Kier alpha value is -0.120. The lowest BCUT2D eigenvalue weighted by atomic mass is 10.2. The van der Waals surface area contributed by atoms with Crippen molar-refractivity contribution in [1.29, 1.82) is 0 Å². The minimum absolute atomic E-state index is 0.197.